The van der Waals surface area contributed by atoms with Crippen molar-refractivity contribution in [2.24, 2.45) is 4.99 Å². The maximum Gasteiger partial charge on any atom is 0.269 e. The molecule has 0 aliphatic carbocycles. The largest absolute Gasteiger partial charge is 0.506 e. The first kappa shape index (κ1) is 21.9. The van der Waals surface area contributed by atoms with E-state index >= 15 is 0 Å². The molecule has 0 fully saturated rings. The molecule has 0 unspecified atom stereocenters. The van der Waals surface area contributed by atoms with Crippen LogP contribution in [0.5, 0.6) is 5.75 Å². The topological polar surface area (TPSA) is 80.7 Å². The van der Waals surface area contributed by atoms with E-state index in [0.29, 0.717) is 5.69 Å². The molecule has 1 N–H and O–H groups in total. The molecule has 0 aliphatic heterocycles. The molecule has 0 aliphatic rings. The van der Waals surface area contributed by atoms with Crippen molar-refractivity contribution in [3.05, 3.63) is 131 Å². The summed E-state index contributed by atoms with van der Waals surface area (Å²) in [5, 5.41) is 21.4. The number of nitrogens with zero attached hydrogens (tertiary/aromatic N) is 3. The molecule has 5 rings (SSSR count). The summed E-state index contributed by atoms with van der Waals surface area (Å²) in [6, 6.07) is 35.4. The Morgan fingerprint density at radius 3 is 2.00 bits per heavy atom. The Hall–Kier alpha value is -4.97. The zero-order chi connectivity index (χ0) is 24.2. The van der Waals surface area contributed by atoms with Gasteiger partial charge in [-0.15, -0.1) is 0 Å². The molecule has 5 aromatic rings. The zero-order valence-corrected chi connectivity index (χ0v) is 18.7. The molecule has 0 saturated carbocycles. The fourth-order valence-electron chi connectivity index (χ4n) is 4.05. The van der Waals surface area contributed by atoms with Crippen LogP contribution in [0.2, 0.25) is 0 Å². The summed E-state index contributed by atoms with van der Waals surface area (Å²) in [7, 11) is 0. The third-order valence-corrected chi connectivity index (χ3v) is 5.69. The Kier molecular flexibility index (Phi) is 5.92. The molecule has 0 bridgehead atoms. The van der Waals surface area contributed by atoms with Crippen molar-refractivity contribution in [3.63, 3.8) is 0 Å². The van der Waals surface area contributed by atoms with Gasteiger partial charge in [0.15, 0.2) is 0 Å². The lowest BCUT2D eigenvalue weighted by Gasteiger charge is -2.15. The minimum atomic E-state index is -0.403. The SMILES string of the molecule is O=[N+]([O-])c1ccc(-n2c(-c3ccccc3)cc(C=Nc3ccccc3O)c2-c2ccccc2)cc1. The van der Waals surface area contributed by atoms with Gasteiger partial charge in [-0.1, -0.05) is 72.8 Å². The highest BCUT2D eigenvalue weighted by Gasteiger charge is 2.19. The van der Waals surface area contributed by atoms with E-state index in [4.69, 9.17) is 0 Å². The van der Waals surface area contributed by atoms with Crippen LogP contribution in [-0.2, 0) is 0 Å². The Labute approximate surface area is 202 Å². The van der Waals surface area contributed by atoms with Crippen LogP contribution in [0.15, 0.2) is 120 Å². The predicted molar refractivity (Wildman–Crippen MR) is 139 cm³/mol. The second-order valence-corrected chi connectivity index (χ2v) is 7.92. The normalized spacial score (nSPS) is 11.1. The van der Waals surface area contributed by atoms with Crippen molar-refractivity contribution < 1.29 is 10.0 Å². The van der Waals surface area contributed by atoms with Gasteiger partial charge in [0.2, 0.25) is 0 Å². The van der Waals surface area contributed by atoms with E-state index in [1.54, 1.807) is 36.5 Å². The second kappa shape index (κ2) is 9.49. The summed E-state index contributed by atoms with van der Waals surface area (Å²) in [4.78, 5) is 15.4. The molecule has 1 aromatic heterocycles. The third kappa shape index (κ3) is 4.45. The number of para-hydroxylation sites is 2. The molecular weight excluding hydrogens is 438 g/mol. The fourth-order valence-corrected chi connectivity index (χ4v) is 4.05. The number of nitro groups is 1. The minimum Gasteiger partial charge on any atom is -0.506 e. The van der Waals surface area contributed by atoms with E-state index in [9.17, 15) is 15.2 Å². The summed E-state index contributed by atoms with van der Waals surface area (Å²) in [5.41, 5.74) is 5.89. The predicted octanol–water partition coefficient (Wildman–Crippen LogP) is 7.18. The van der Waals surface area contributed by atoms with Gasteiger partial charge in [-0.25, -0.2) is 0 Å². The fraction of sp³-hybridized carbons (Fsp3) is 0. The second-order valence-electron chi connectivity index (χ2n) is 7.92. The lowest BCUT2D eigenvalue weighted by molar-refractivity contribution is -0.384. The number of aromatic nitrogens is 1. The van der Waals surface area contributed by atoms with Crippen LogP contribution >= 0.6 is 0 Å². The highest BCUT2D eigenvalue weighted by atomic mass is 16.6. The van der Waals surface area contributed by atoms with E-state index in [1.807, 2.05) is 72.8 Å². The molecule has 35 heavy (non-hydrogen) atoms. The van der Waals surface area contributed by atoms with E-state index in [1.165, 1.54) is 12.1 Å². The van der Waals surface area contributed by atoms with Gasteiger partial charge < -0.3 is 9.67 Å². The molecule has 0 atom stereocenters. The molecule has 0 saturated heterocycles. The van der Waals surface area contributed by atoms with Crippen molar-refractivity contribution in [1.82, 2.24) is 4.57 Å². The van der Waals surface area contributed by atoms with Crippen molar-refractivity contribution in [2.45, 2.75) is 0 Å². The van der Waals surface area contributed by atoms with Gasteiger partial charge >= 0.3 is 0 Å². The van der Waals surface area contributed by atoms with Gasteiger partial charge in [0.1, 0.15) is 11.4 Å². The van der Waals surface area contributed by atoms with Crippen LogP contribution in [-0.4, -0.2) is 20.8 Å². The summed E-state index contributed by atoms with van der Waals surface area (Å²) in [6.45, 7) is 0. The van der Waals surface area contributed by atoms with E-state index < -0.39 is 4.92 Å². The molecule has 6 nitrogen and oxygen atoms in total. The Bertz CT molecular complexity index is 1510. The summed E-state index contributed by atoms with van der Waals surface area (Å²) >= 11 is 0. The van der Waals surface area contributed by atoms with E-state index in [-0.39, 0.29) is 11.4 Å². The van der Waals surface area contributed by atoms with Gasteiger partial charge in [-0.3, -0.25) is 15.1 Å². The molecule has 0 radical (unpaired) electrons. The summed E-state index contributed by atoms with van der Waals surface area (Å²) < 4.78 is 2.08. The van der Waals surface area contributed by atoms with Crippen LogP contribution in [0, 0.1) is 10.1 Å². The average molecular weight is 460 g/mol. The number of phenolic OH excluding ortho intramolecular Hbond substituents is 1. The van der Waals surface area contributed by atoms with Gasteiger partial charge in [0, 0.05) is 29.6 Å². The summed E-state index contributed by atoms with van der Waals surface area (Å²) in [5.74, 6) is 0.100. The number of hydrogen-bond donors (Lipinski definition) is 1. The molecule has 4 aromatic carbocycles. The number of phenols is 1. The average Bonchev–Trinajstić information content (AvgIpc) is 3.29. The van der Waals surface area contributed by atoms with Crippen LogP contribution < -0.4 is 0 Å². The van der Waals surface area contributed by atoms with Gasteiger partial charge in [0.05, 0.1) is 16.3 Å². The van der Waals surface area contributed by atoms with Crippen molar-refractivity contribution >= 4 is 17.6 Å². The standard InChI is InChI=1S/C29H21N3O3/c33-28-14-8-7-13-26(28)30-20-23-19-27(21-9-3-1-4-10-21)31(29(23)22-11-5-2-6-12-22)24-15-17-25(18-16-24)32(34)35/h1-20,33H. The smallest absolute Gasteiger partial charge is 0.269 e. The number of rotatable bonds is 6. The number of hydrogen-bond acceptors (Lipinski definition) is 4. The molecule has 1 heterocycles. The number of aliphatic imine (C=N–C) groups is 1. The Morgan fingerprint density at radius 1 is 0.771 bits per heavy atom. The van der Waals surface area contributed by atoms with Crippen molar-refractivity contribution in [1.29, 1.82) is 0 Å². The van der Waals surface area contributed by atoms with Crippen LogP contribution in [0.3, 0.4) is 0 Å². The molecule has 170 valence electrons. The van der Waals surface area contributed by atoms with Crippen molar-refractivity contribution in [2.75, 3.05) is 0 Å². The third-order valence-electron chi connectivity index (χ3n) is 5.69. The quantitative estimate of drug-likeness (QED) is 0.166. The first-order valence-electron chi connectivity index (χ1n) is 11.1. The monoisotopic (exact) mass is 459 g/mol. The number of aromatic hydroxyl groups is 1. The molecule has 6 heteroatoms. The molecular formula is C29H21N3O3. The van der Waals surface area contributed by atoms with E-state index in [2.05, 4.69) is 9.56 Å². The zero-order valence-electron chi connectivity index (χ0n) is 18.7. The highest BCUT2D eigenvalue weighted by Crippen LogP contribution is 2.36. The van der Waals surface area contributed by atoms with Gasteiger partial charge in [0.25, 0.3) is 5.69 Å². The van der Waals surface area contributed by atoms with Crippen molar-refractivity contribution in [3.8, 4) is 34.0 Å². The molecule has 0 spiro atoms. The van der Waals surface area contributed by atoms with Crippen LogP contribution in [0.1, 0.15) is 5.56 Å². The Morgan fingerprint density at radius 2 is 1.37 bits per heavy atom. The van der Waals surface area contributed by atoms with Crippen LogP contribution in [0.4, 0.5) is 11.4 Å². The Balaban J connectivity index is 1.77. The van der Waals surface area contributed by atoms with Gasteiger partial charge in [-0.2, -0.15) is 0 Å². The number of nitro benzene ring substituents is 1. The first-order valence-corrected chi connectivity index (χ1v) is 11.1. The first-order chi connectivity index (χ1) is 17.1. The van der Waals surface area contributed by atoms with Crippen LogP contribution in [0.25, 0.3) is 28.2 Å². The molecule has 0 amide bonds. The lowest BCUT2D eigenvalue weighted by atomic mass is 10.1. The summed E-state index contributed by atoms with van der Waals surface area (Å²) in [6.07, 6.45) is 1.74. The van der Waals surface area contributed by atoms with Gasteiger partial charge in [-0.05, 0) is 41.5 Å². The maximum atomic E-state index is 11.2. The number of non-ortho nitro benzene ring substituents is 1. The lowest BCUT2D eigenvalue weighted by Crippen LogP contribution is -2.01. The minimum absolute atomic E-state index is 0.0322. The highest BCUT2D eigenvalue weighted by molar-refractivity contribution is 5.94. The maximum absolute atomic E-state index is 11.2. The van der Waals surface area contributed by atoms with E-state index in [0.717, 1.165) is 33.8 Å². The number of benzene rings is 4.